The van der Waals surface area contributed by atoms with Gasteiger partial charge in [-0.2, -0.15) is 0 Å². The van der Waals surface area contributed by atoms with E-state index in [1.165, 1.54) is 48.5 Å². The Bertz CT molecular complexity index is 4380. The Morgan fingerprint density at radius 1 is 0.369 bits per heavy atom. The molecule has 0 saturated carbocycles. The summed E-state index contributed by atoms with van der Waals surface area (Å²) in [5.41, 5.74) is 8.06. The normalized spacial score (nSPS) is 18.9. The molecule has 4 atom stereocenters. The molecule has 7 aliphatic heterocycles. The molecule has 0 aromatic heterocycles. The average molecular weight is 1440 g/mol. The molecule has 14 rings (SSSR count). The number of carbonyl (C=O) groups excluding carboxylic acids is 1. The molecule has 562 valence electrons. The van der Waals surface area contributed by atoms with E-state index < -0.39 is 61.9 Å². The molecule has 7 aromatic carbocycles. The van der Waals surface area contributed by atoms with Crippen molar-refractivity contribution in [3.8, 4) is 40.2 Å². The highest BCUT2D eigenvalue weighted by molar-refractivity contribution is 6.03. The van der Waals surface area contributed by atoms with E-state index in [4.69, 9.17) is 45.5 Å². The molecule has 4 unspecified atom stereocenters. The van der Waals surface area contributed by atoms with Gasteiger partial charge in [0.05, 0.1) is 39.9 Å². The standard InChI is InChI=1S/3C13H17FO.C12H13FO2.3C12H15FO.CH4/c1-8(2)6-10-11-7-9(3)15-13(11)5-4-12(10)14;2*1-9(2)8-11-10-4-3-7-15-13(10)6-5-12(11)14;1-7(2)5-8-9(13)3-4-11-12(8)10(14)6-15-11;3*1-8(2)7-10-9-5-6-14-12(9)4-3-11(10)13;/h4-5,8-9H,6-7H2,1-3H3;2*5-6,9H,3-4,7-8H2,1-2H3;3-4,7H,5-6H2,1-2H3;3*3-4,8H,5-7H2,1-2H3;1H4/i7D;8D2;;;5D,6D,7D2;7D2;;. The number of ketones is 1. The molecule has 7 aliphatic rings. The molecular weight excluding hydrogens is 1320 g/mol. The minimum absolute atomic E-state index is 0. The second-order valence-corrected chi connectivity index (χ2v) is 29.0. The fourth-order valence-corrected chi connectivity index (χ4v) is 12.9. The molecule has 0 amide bonds. The predicted octanol–water partition coefficient (Wildman–Crippen LogP) is 22.2. The van der Waals surface area contributed by atoms with Crippen LogP contribution in [-0.2, 0) is 83.3 Å². The van der Waals surface area contributed by atoms with Crippen molar-refractivity contribution >= 4 is 5.78 Å². The maximum Gasteiger partial charge on any atom is 0.204 e. The van der Waals surface area contributed by atoms with Crippen molar-refractivity contribution in [3.05, 3.63) is 204 Å². The zero-order valence-corrected chi connectivity index (χ0v) is 62.0. The number of Topliss-reactive ketones (excluding diaryl/α,β-unsaturated/α-hetero) is 1. The van der Waals surface area contributed by atoms with Crippen LogP contribution in [0.1, 0.15) is 219 Å². The summed E-state index contributed by atoms with van der Waals surface area (Å²) in [5.74, 6) is 2.78. The molecule has 0 spiro atoms. The maximum atomic E-state index is 14.0. The molecule has 0 saturated heterocycles. The highest BCUT2D eigenvalue weighted by atomic mass is 19.2. The van der Waals surface area contributed by atoms with Crippen LogP contribution in [0.15, 0.2) is 84.9 Å². The highest BCUT2D eigenvalue weighted by Crippen LogP contribution is 2.39. The van der Waals surface area contributed by atoms with E-state index in [1.54, 1.807) is 71.9 Å². The zero-order chi connectivity index (χ0) is 82.0. The summed E-state index contributed by atoms with van der Waals surface area (Å²) in [4.78, 5) is 11.5. The maximum absolute atomic E-state index is 14.0. The summed E-state index contributed by atoms with van der Waals surface area (Å²) >= 11 is 0. The zero-order valence-electron chi connectivity index (χ0n) is 71.0. The lowest BCUT2D eigenvalue weighted by molar-refractivity contribution is 0.0960. The number of hydrogen-bond acceptors (Lipinski definition) is 8. The lowest BCUT2D eigenvalue weighted by Gasteiger charge is -2.21. The number of halogens is 7. The summed E-state index contributed by atoms with van der Waals surface area (Å²) < 4.78 is 205. The Kier molecular flexibility index (Phi) is 26.3. The fraction of sp³-hybridized carbons (Fsp3) is 0.511. The summed E-state index contributed by atoms with van der Waals surface area (Å²) in [6.45, 7) is 30.3. The van der Waals surface area contributed by atoms with Gasteiger partial charge in [0.25, 0.3) is 0 Å². The third-order valence-electron chi connectivity index (χ3n) is 17.1. The van der Waals surface area contributed by atoms with Gasteiger partial charge < -0.3 is 33.2 Å². The van der Waals surface area contributed by atoms with Gasteiger partial charge in [0.15, 0.2) is 6.61 Å². The number of carbonyl (C=O) groups is 1. The summed E-state index contributed by atoms with van der Waals surface area (Å²) in [6.07, 6.45) is 0.858. The third kappa shape index (κ3) is 22.7. The van der Waals surface area contributed by atoms with Crippen LogP contribution < -0.4 is 33.2 Å². The van der Waals surface area contributed by atoms with E-state index in [2.05, 4.69) is 41.5 Å². The van der Waals surface area contributed by atoms with Gasteiger partial charge in [0.1, 0.15) is 87.1 Å². The Morgan fingerprint density at radius 2 is 0.680 bits per heavy atom. The SMILES string of the molecule is C.CC(C)Cc1c(F)ccc2c1C(=O)CO2.CC(C)Cc1c(F)ccc2c1CCCO2.CC(C)Cc1c(F)ccc2c1CCO2.[2H]C([2H])(c1c(F)ccc2c1CCCO2)C(C)C.[2H]C([2H])(c1c(F)ccc2c1CCO2)C(C)C.[2H]C1Oc2ccc(F)c(C([2H])([2H])C(C)C)c2C1[2H].[2H]C1c2c(ccc(F)c2CC(C)C)OC1C. The van der Waals surface area contributed by atoms with Crippen molar-refractivity contribution in [1.82, 2.24) is 0 Å². The van der Waals surface area contributed by atoms with Crippen LogP contribution in [0.2, 0.25) is 0 Å². The number of fused-ring (bicyclic) bond motifs is 7. The van der Waals surface area contributed by atoms with E-state index in [0.29, 0.717) is 120 Å². The highest BCUT2D eigenvalue weighted by Gasteiger charge is 2.29. The van der Waals surface area contributed by atoms with Crippen LogP contribution in [0, 0.1) is 82.1 Å². The van der Waals surface area contributed by atoms with Gasteiger partial charge in [-0.05, 0) is 237 Å². The Labute approximate surface area is 622 Å². The van der Waals surface area contributed by atoms with Gasteiger partial charge in [0.2, 0.25) is 5.78 Å². The first kappa shape index (κ1) is 69.7. The van der Waals surface area contributed by atoms with Gasteiger partial charge in [-0.1, -0.05) is 104 Å². The number of rotatable bonds is 14. The smallest absolute Gasteiger partial charge is 0.204 e. The molecule has 15 heteroatoms. The molecule has 0 aliphatic carbocycles. The largest absolute Gasteiger partial charge is 0.493 e. The molecule has 0 bridgehead atoms. The topological polar surface area (TPSA) is 81.7 Å². The second-order valence-electron chi connectivity index (χ2n) is 29.0. The van der Waals surface area contributed by atoms with Crippen molar-refractivity contribution in [2.24, 2.45) is 41.4 Å². The number of ether oxygens (including phenoxy) is 7. The molecule has 0 radical (unpaired) electrons. The van der Waals surface area contributed by atoms with Crippen LogP contribution in [-0.4, -0.2) is 51.5 Å². The first-order valence-corrected chi connectivity index (χ1v) is 36.1. The first-order valence-electron chi connectivity index (χ1n) is 40.8. The number of hydrogen-bond donors (Lipinski definition) is 0. The van der Waals surface area contributed by atoms with Crippen molar-refractivity contribution in [2.75, 3.05) is 39.6 Å². The van der Waals surface area contributed by atoms with Gasteiger partial charge >= 0.3 is 0 Å². The van der Waals surface area contributed by atoms with Crippen LogP contribution >= 0.6 is 0 Å². The molecule has 7 heterocycles. The van der Waals surface area contributed by atoms with Gasteiger partial charge in [-0.15, -0.1) is 0 Å². The number of benzene rings is 7. The predicted molar refractivity (Wildman–Crippen MR) is 400 cm³/mol. The molecule has 7 aromatic rings. The summed E-state index contributed by atoms with van der Waals surface area (Å²) in [6, 6.07) is 20.8. The summed E-state index contributed by atoms with van der Waals surface area (Å²) in [5, 5.41) is 0. The fourth-order valence-electron chi connectivity index (χ4n) is 12.9. The molecule has 8 nitrogen and oxygen atoms in total. The molecule has 0 fully saturated rings. The average Bonchev–Trinajstić information content (AvgIpc) is 1.51. The van der Waals surface area contributed by atoms with Crippen LogP contribution in [0.4, 0.5) is 30.7 Å². The van der Waals surface area contributed by atoms with Crippen molar-refractivity contribution in [1.29, 1.82) is 0 Å². The van der Waals surface area contributed by atoms with Crippen LogP contribution in [0.25, 0.3) is 0 Å². The first-order chi connectivity index (χ1) is 52.1. The molecular formula is C88H113F7O8. The Morgan fingerprint density at radius 3 is 1.09 bits per heavy atom. The summed E-state index contributed by atoms with van der Waals surface area (Å²) in [7, 11) is 0. The van der Waals surface area contributed by atoms with Gasteiger partial charge in [-0.25, -0.2) is 30.7 Å². The van der Waals surface area contributed by atoms with E-state index in [-0.39, 0.29) is 89.0 Å². The van der Waals surface area contributed by atoms with Crippen LogP contribution in [0.3, 0.4) is 0 Å². The molecule has 0 N–H and O–H groups in total. The quantitative estimate of drug-likeness (QED) is 0.0997. The van der Waals surface area contributed by atoms with Crippen molar-refractivity contribution in [2.45, 2.75) is 214 Å². The monoisotopic (exact) mass is 1440 g/mol. The van der Waals surface area contributed by atoms with Crippen LogP contribution in [0.5, 0.6) is 40.2 Å². The second kappa shape index (κ2) is 38.9. The van der Waals surface area contributed by atoms with E-state index in [9.17, 15) is 35.5 Å². The minimum Gasteiger partial charge on any atom is -0.493 e. The Balaban J connectivity index is 0.000000181. The van der Waals surface area contributed by atoms with E-state index >= 15 is 0 Å². The van der Waals surface area contributed by atoms with E-state index in [1.807, 2.05) is 20.8 Å². The minimum atomic E-state index is -1.89. The van der Waals surface area contributed by atoms with Crippen molar-refractivity contribution in [3.63, 3.8) is 0 Å². The lowest BCUT2D eigenvalue weighted by atomic mass is 9.93. The lowest BCUT2D eigenvalue weighted by Crippen LogP contribution is -2.13. The van der Waals surface area contributed by atoms with Gasteiger partial charge in [0, 0.05) is 75.5 Å². The van der Waals surface area contributed by atoms with E-state index in [0.717, 1.165) is 90.5 Å². The Hall–Kier alpha value is -7.68. The third-order valence-corrected chi connectivity index (χ3v) is 17.1. The molecule has 103 heavy (non-hydrogen) atoms. The van der Waals surface area contributed by atoms with Crippen molar-refractivity contribution < 1.29 is 81.0 Å². The van der Waals surface area contributed by atoms with Gasteiger partial charge in [-0.3, -0.25) is 4.79 Å².